The Hall–Kier alpha value is -1.75. The third-order valence-electron chi connectivity index (χ3n) is 4.69. The molecule has 6 heteroatoms. The standard InChI is InChI=1S/C20H23Cl2N3O/c21-18-6-3-15(11-19(18)22)13-25-9-7-17(8-10-25)24-20(26)12-14-1-4-16(23)5-2-14/h1-6,11,17H,7-10,12-13,23H2,(H,24,26). The Kier molecular flexibility index (Phi) is 6.41. The molecule has 2 aromatic carbocycles. The maximum absolute atomic E-state index is 12.2. The highest BCUT2D eigenvalue weighted by Gasteiger charge is 2.21. The molecule has 1 amide bonds. The molecule has 1 heterocycles. The van der Waals surface area contributed by atoms with Crippen LogP contribution >= 0.6 is 23.2 Å². The molecule has 2 aromatic rings. The van der Waals surface area contributed by atoms with Crippen molar-refractivity contribution < 1.29 is 4.79 Å². The minimum atomic E-state index is 0.0673. The molecule has 26 heavy (non-hydrogen) atoms. The minimum Gasteiger partial charge on any atom is -0.399 e. The van der Waals surface area contributed by atoms with Gasteiger partial charge in [0.2, 0.25) is 5.91 Å². The van der Waals surface area contributed by atoms with E-state index >= 15 is 0 Å². The third-order valence-corrected chi connectivity index (χ3v) is 5.43. The second kappa shape index (κ2) is 8.76. The molecule has 3 N–H and O–H groups in total. The van der Waals surface area contributed by atoms with Crippen LogP contribution in [0, 0.1) is 0 Å². The maximum Gasteiger partial charge on any atom is 0.224 e. The van der Waals surface area contributed by atoms with Crippen molar-refractivity contribution in [3.05, 3.63) is 63.6 Å². The van der Waals surface area contributed by atoms with Crippen molar-refractivity contribution in [1.29, 1.82) is 0 Å². The molecule has 1 saturated heterocycles. The summed E-state index contributed by atoms with van der Waals surface area (Å²) in [5.74, 6) is 0.0673. The van der Waals surface area contributed by atoms with E-state index in [0.29, 0.717) is 22.2 Å². The van der Waals surface area contributed by atoms with Crippen molar-refractivity contribution in [2.45, 2.75) is 31.8 Å². The van der Waals surface area contributed by atoms with E-state index in [2.05, 4.69) is 10.2 Å². The number of nitrogens with one attached hydrogen (secondary N) is 1. The summed E-state index contributed by atoms with van der Waals surface area (Å²) in [6, 6.07) is 13.4. The van der Waals surface area contributed by atoms with Gasteiger partial charge in [0.15, 0.2) is 0 Å². The van der Waals surface area contributed by atoms with Crippen LogP contribution in [0.2, 0.25) is 10.0 Å². The van der Waals surface area contributed by atoms with E-state index in [0.717, 1.165) is 43.6 Å². The van der Waals surface area contributed by atoms with E-state index in [-0.39, 0.29) is 11.9 Å². The van der Waals surface area contributed by atoms with Gasteiger partial charge in [-0.2, -0.15) is 0 Å². The molecule has 1 fully saturated rings. The first kappa shape index (κ1) is 19.0. The summed E-state index contributed by atoms with van der Waals surface area (Å²) < 4.78 is 0. The first-order valence-electron chi connectivity index (χ1n) is 8.79. The van der Waals surface area contributed by atoms with E-state index in [1.807, 2.05) is 42.5 Å². The third kappa shape index (κ3) is 5.37. The van der Waals surface area contributed by atoms with Gasteiger partial charge in [-0.1, -0.05) is 41.4 Å². The van der Waals surface area contributed by atoms with Crippen molar-refractivity contribution in [1.82, 2.24) is 10.2 Å². The molecule has 0 saturated carbocycles. The lowest BCUT2D eigenvalue weighted by Gasteiger charge is -2.32. The number of rotatable bonds is 5. The second-order valence-electron chi connectivity index (χ2n) is 6.78. The molecule has 0 bridgehead atoms. The van der Waals surface area contributed by atoms with Gasteiger partial charge in [-0.25, -0.2) is 0 Å². The number of anilines is 1. The number of amides is 1. The summed E-state index contributed by atoms with van der Waals surface area (Å²) >= 11 is 12.0. The van der Waals surface area contributed by atoms with Crippen LogP contribution in [0.4, 0.5) is 5.69 Å². The molecular weight excluding hydrogens is 369 g/mol. The zero-order chi connectivity index (χ0) is 18.5. The zero-order valence-electron chi connectivity index (χ0n) is 14.6. The second-order valence-corrected chi connectivity index (χ2v) is 7.60. The van der Waals surface area contributed by atoms with Crippen molar-refractivity contribution in [2.24, 2.45) is 0 Å². The predicted molar refractivity (Wildman–Crippen MR) is 107 cm³/mol. The zero-order valence-corrected chi connectivity index (χ0v) is 16.1. The van der Waals surface area contributed by atoms with Crippen LogP contribution in [0.15, 0.2) is 42.5 Å². The normalized spacial score (nSPS) is 15.8. The van der Waals surface area contributed by atoms with Gasteiger partial charge in [0.05, 0.1) is 16.5 Å². The average molecular weight is 392 g/mol. The van der Waals surface area contributed by atoms with Crippen molar-refractivity contribution in [2.75, 3.05) is 18.8 Å². The van der Waals surface area contributed by atoms with E-state index < -0.39 is 0 Å². The van der Waals surface area contributed by atoms with Gasteiger partial charge in [-0.15, -0.1) is 0 Å². The Morgan fingerprint density at radius 3 is 2.35 bits per heavy atom. The van der Waals surface area contributed by atoms with Gasteiger partial charge in [0, 0.05) is 31.4 Å². The number of benzene rings is 2. The van der Waals surface area contributed by atoms with Gasteiger partial charge in [0.25, 0.3) is 0 Å². The summed E-state index contributed by atoms with van der Waals surface area (Å²) in [5, 5.41) is 4.32. The van der Waals surface area contributed by atoms with Gasteiger partial charge in [0.1, 0.15) is 0 Å². The molecule has 1 aliphatic rings. The summed E-state index contributed by atoms with van der Waals surface area (Å²) in [6.07, 6.45) is 2.30. The van der Waals surface area contributed by atoms with Crippen LogP contribution in [0.5, 0.6) is 0 Å². The van der Waals surface area contributed by atoms with Crippen LogP contribution in [0.1, 0.15) is 24.0 Å². The van der Waals surface area contributed by atoms with Crippen molar-refractivity contribution in [3.8, 4) is 0 Å². The molecule has 0 spiro atoms. The quantitative estimate of drug-likeness (QED) is 0.759. The molecule has 3 rings (SSSR count). The average Bonchev–Trinajstić information content (AvgIpc) is 2.62. The fourth-order valence-electron chi connectivity index (χ4n) is 3.23. The number of hydrogen-bond acceptors (Lipinski definition) is 3. The lowest BCUT2D eigenvalue weighted by molar-refractivity contribution is -0.121. The monoisotopic (exact) mass is 391 g/mol. The highest BCUT2D eigenvalue weighted by molar-refractivity contribution is 6.42. The summed E-state index contributed by atoms with van der Waals surface area (Å²) in [7, 11) is 0. The van der Waals surface area contributed by atoms with Crippen LogP contribution in [0.25, 0.3) is 0 Å². The van der Waals surface area contributed by atoms with Crippen LogP contribution in [-0.2, 0) is 17.8 Å². The molecule has 0 aromatic heterocycles. The Labute approximate surface area is 164 Å². The SMILES string of the molecule is Nc1ccc(CC(=O)NC2CCN(Cc3ccc(Cl)c(Cl)c3)CC2)cc1. The fraction of sp³-hybridized carbons (Fsp3) is 0.350. The number of hydrogen-bond donors (Lipinski definition) is 2. The molecular formula is C20H23Cl2N3O. The van der Waals surface area contributed by atoms with Crippen LogP contribution < -0.4 is 11.1 Å². The number of nitrogens with two attached hydrogens (primary N) is 1. The Balaban J connectivity index is 1.43. The number of likely N-dealkylation sites (tertiary alicyclic amines) is 1. The lowest BCUT2D eigenvalue weighted by atomic mass is 10.0. The van der Waals surface area contributed by atoms with Crippen molar-refractivity contribution >= 4 is 34.8 Å². The first-order valence-corrected chi connectivity index (χ1v) is 9.55. The van der Waals surface area contributed by atoms with E-state index in [4.69, 9.17) is 28.9 Å². The van der Waals surface area contributed by atoms with E-state index in [1.54, 1.807) is 0 Å². The molecule has 0 radical (unpaired) electrons. The van der Waals surface area contributed by atoms with Gasteiger partial charge < -0.3 is 11.1 Å². The molecule has 0 unspecified atom stereocenters. The number of piperidine rings is 1. The number of halogens is 2. The van der Waals surface area contributed by atoms with Crippen molar-refractivity contribution in [3.63, 3.8) is 0 Å². The molecule has 4 nitrogen and oxygen atoms in total. The summed E-state index contributed by atoms with van der Waals surface area (Å²) in [4.78, 5) is 14.6. The fourth-order valence-corrected chi connectivity index (χ4v) is 3.55. The molecule has 1 aliphatic heterocycles. The minimum absolute atomic E-state index is 0.0673. The Morgan fingerprint density at radius 2 is 1.69 bits per heavy atom. The number of carbonyl (C=O) groups excluding carboxylic acids is 1. The number of carbonyl (C=O) groups is 1. The maximum atomic E-state index is 12.2. The largest absolute Gasteiger partial charge is 0.399 e. The van der Waals surface area contributed by atoms with Crippen LogP contribution in [-0.4, -0.2) is 29.9 Å². The van der Waals surface area contributed by atoms with Gasteiger partial charge >= 0.3 is 0 Å². The van der Waals surface area contributed by atoms with Gasteiger partial charge in [-0.3, -0.25) is 9.69 Å². The van der Waals surface area contributed by atoms with Gasteiger partial charge in [-0.05, 0) is 48.2 Å². The predicted octanol–water partition coefficient (Wildman–Crippen LogP) is 3.90. The molecule has 0 aliphatic carbocycles. The number of nitrogens with zero attached hydrogens (tertiary/aromatic N) is 1. The van der Waals surface area contributed by atoms with E-state index in [1.165, 1.54) is 0 Å². The topological polar surface area (TPSA) is 58.4 Å². The summed E-state index contributed by atoms with van der Waals surface area (Å²) in [5.41, 5.74) is 8.52. The summed E-state index contributed by atoms with van der Waals surface area (Å²) in [6.45, 7) is 2.75. The van der Waals surface area contributed by atoms with Crippen LogP contribution in [0.3, 0.4) is 0 Å². The Bertz CT molecular complexity index is 756. The molecule has 0 atom stereocenters. The highest BCUT2D eigenvalue weighted by Crippen LogP contribution is 2.24. The number of nitrogen functional groups attached to an aromatic ring is 1. The molecule has 138 valence electrons. The smallest absolute Gasteiger partial charge is 0.224 e. The highest BCUT2D eigenvalue weighted by atomic mass is 35.5. The Morgan fingerprint density at radius 1 is 1.04 bits per heavy atom. The lowest BCUT2D eigenvalue weighted by Crippen LogP contribution is -2.44. The van der Waals surface area contributed by atoms with E-state index in [9.17, 15) is 4.79 Å². The first-order chi connectivity index (χ1) is 12.5.